The van der Waals surface area contributed by atoms with E-state index in [4.69, 9.17) is 5.73 Å². The largest absolute Gasteiger partial charge is 0.368 e. The first-order valence-corrected chi connectivity index (χ1v) is 1.65. The number of nitrogens with one attached hydrogen (secondary N) is 1. The second kappa shape index (κ2) is 1.77. The molecule has 0 aliphatic carbocycles. The molecule has 0 aromatic carbocycles. The van der Waals surface area contributed by atoms with Crippen LogP contribution < -0.4 is 11.5 Å². The molecule has 6 heavy (non-hydrogen) atoms. The summed E-state index contributed by atoms with van der Waals surface area (Å²) in [6.07, 6.45) is 0. The van der Waals surface area contributed by atoms with E-state index in [2.05, 4.69) is 5.73 Å². The molecule has 0 spiro atoms. The van der Waals surface area contributed by atoms with E-state index in [1.807, 2.05) is 0 Å². The van der Waals surface area contributed by atoms with Crippen LogP contribution in [0.1, 0.15) is 6.92 Å². The van der Waals surface area contributed by atoms with Crippen LogP contribution in [0.3, 0.4) is 0 Å². The Bertz CT molecular complexity index is 59.8. The first-order chi connectivity index (χ1) is 2.64. The molecule has 0 saturated carbocycles. The molecule has 0 heterocycles. The van der Waals surface area contributed by atoms with Crippen LogP contribution in [0, 0.1) is 0 Å². The maximum Gasteiger partial charge on any atom is 0.235 e. The quantitative estimate of drug-likeness (QED) is 0.444. The summed E-state index contributed by atoms with van der Waals surface area (Å²) in [5.41, 5.74) is 11.2. The van der Waals surface area contributed by atoms with Crippen molar-refractivity contribution in [3.8, 4) is 0 Å². The van der Waals surface area contributed by atoms with Gasteiger partial charge in [-0.1, -0.05) is 0 Å². The number of amides is 1. The highest BCUT2D eigenvalue weighted by Gasteiger charge is 1.97. The molecule has 0 rings (SSSR count). The zero-order valence-electron chi connectivity index (χ0n) is 3.56. The van der Waals surface area contributed by atoms with Gasteiger partial charge in [-0.25, -0.2) is 5.73 Å². The van der Waals surface area contributed by atoms with Crippen LogP contribution >= 0.6 is 0 Å². The highest BCUT2D eigenvalue weighted by molar-refractivity contribution is 5.78. The lowest BCUT2D eigenvalue weighted by Crippen LogP contribution is -2.26. The van der Waals surface area contributed by atoms with Gasteiger partial charge in [0.05, 0.1) is 6.04 Å². The molecular weight excluding hydrogens is 80.0 g/mol. The molecule has 35 valence electrons. The molecule has 0 aliphatic rings. The number of carbonyl (C=O) groups excluding carboxylic acids is 1. The summed E-state index contributed by atoms with van der Waals surface area (Å²) in [5, 5.41) is 0. The van der Waals surface area contributed by atoms with Crippen LogP contribution in [0.4, 0.5) is 0 Å². The fourth-order valence-electron chi connectivity index (χ4n) is 0. The summed E-state index contributed by atoms with van der Waals surface area (Å²) in [5.74, 6) is -0.574. The summed E-state index contributed by atoms with van der Waals surface area (Å²) >= 11 is 0. The van der Waals surface area contributed by atoms with Gasteiger partial charge >= 0.3 is 0 Å². The summed E-state index contributed by atoms with van der Waals surface area (Å²) in [6.45, 7) is 1.43. The third-order valence-corrected chi connectivity index (χ3v) is 0.427. The van der Waals surface area contributed by atoms with E-state index < -0.39 is 11.9 Å². The standard InChI is InChI=1S/C3H7N2O/c1-2(4)3(5)6/h2,4H,1H3,(H2,5,6)/t2-/m0/s1. The van der Waals surface area contributed by atoms with Gasteiger partial charge in [0.2, 0.25) is 5.91 Å². The molecule has 3 nitrogen and oxygen atoms in total. The Kier molecular flexibility index (Phi) is 1.60. The van der Waals surface area contributed by atoms with Crippen molar-refractivity contribution in [2.24, 2.45) is 5.73 Å². The third-order valence-electron chi connectivity index (χ3n) is 0.427. The Morgan fingerprint density at radius 2 is 2.17 bits per heavy atom. The maximum absolute atomic E-state index is 9.73. The molecule has 0 aromatic heterocycles. The molecule has 3 heteroatoms. The molecule has 0 aliphatic heterocycles. The smallest absolute Gasteiger partial charge is 0.235 e. The molecule has 0 bridgehead atoms. The van der Waals surface area contributed by atoms with E-state index >= 15 is 0 Å². The molecule has 3 N–H and O–H groups in total. The van der Waals surface area contributed by atoms with Crippen LogP contribution in [-0.2, 0) is 4.79 Å². The Hall–Kier alpha value is -0.570. The first kappa shape index (κ1) is 5.43. The van der Waals surface area contributed by atoms with Crippen LogP contribution in [-0.4, -0.2) is 11.9 Å². The van der Waals surface area contributed by atoms with Gasteiger partial charge in [-0.2, -0.15) is 0 Å². The van der Waals surface area contributed by atoms with E-state index in [0.29, 0.717) is 0 Å². The minimum absolute atomic E-state index is 0.574. The molecule has 1 radical (unpaired) electrons. The fourth-order valence-corrected chi connectivity index (χ4v) is 0. The lowest BCUT2D eigenvalue weighted by atomic mass is 10.4. The van der Waals surface area contributed by atoms with Crippen molar-refractivity contribution >= 4 is 5.91 Å². The monoisotopic (exact) mass is 87.1 g/mol. The van der Waals surface area contributed by atoms with Crippen molar-refractivity contribution in [3.05, 3.63) is 0 Å². The Morgan fingerprint density at radius 3 is 2.17 bits per heavy atom. The van der Waals surface area contributed by atoms with Crippen molar-refractivity contribution in [2.45, 2.75) is 13.0 Å². The highest BCUT2D eigenvalue weighted by atomic mass is 16.1. The number of hydrogen-bond acceptors (Lipinski definition) is 1. The molecule has 0 saturated heterocycles. The minimum atomic E-state index is -0.759. The maximum atomic E-state index is 9.73. The molecular formula is C3H7N2O. The number of carbonyl (C=O) groups is 1. The number of hydrogen-bond donors (Lipinski definition) is 1. The van der Waals surface area contributed by atoms with Gasteiger partial charge in [-0.15, -0.1) is 0 Å². The summed E-state index contributed by atoms with van der Waals surface area (Å²) < 4.78 is 0. The summed E-state index contributed by atoms with van der Waals surface area (Å²) in [4.78, 5) is 9.73. The topological polar surface area (TPSA) is 66.9 Å². The second-order valence-corrected chi connectivity index (χ2v) is 1.12. The van der Waals surface area contributed by atoms with Crippen LogP contribution in [0.2, 0.25) is 0 Å². The van der Waals surface area contributed by atoms with Gasteiger partial charge in [0.1, 0.15) is 0 Å². The highest BCUT2D eigenvalue weighted by Crippen LogP contribution is 1.68. The Morgan fingerprint density at radius 1 is 2.00 bits per heavy atom. The SMILES string of the molecule is C[C@H]([NH])C(N)=O. The molecule has 0 fully saturated rings. The molecule has 1 amide bonds. The molecule has 0 unspecified atom stereocenters. The van der Waals surface area contributed by atoms with Gasteiger partial charge in [0.25, 0.3) is 0 Å². The fraction of sp³-hybridized carbons (Fsp3) is 0.667. The predicted molar refractivity (Wildman–Crippen MR) is 21.8 cm³/mol. The van der Waals surface area contributed by atoms with E-state index in [9.17, 15) is 4.79 Å². The third kappa shape index (κ3) is 1.72. The number of rotatable bonds is 1. The zero-order chi connectivity index (χ0) is 5.15. The Balaban J connectivity index is 3.26. The Labute approximate surface area is 36.3 Å². The van der Waals surface area contributed by atoms with Crippen molar-refractivity contribution < 1.29 is 4.79 Å². The van der Waals surface area contributed by atoms with E-state index in [1.54, 1.807) is 0 Å². The van der Waals surface area contributed by atoms with Crippen LogP contribution in [0.15, 0.2) is 0 Å². The first-order valence-electron chi connectivity index (χ1n) is 1.65. The molecule has 1 atom stereocenters. The van der Waals surface area contributed by atoms with Gasteiger partial charge in [0, 0.05) is 0 Å². The summed E-state index contributed by atoms with van der Waals surface area (Å²) in [7, 11) is 0. The zero-order valence-corrected chi connectivity index (χ0v) is 3.56. The normalized spacial score (nSPS) is 13.7. The summed E-state index contributed by atoms with van der Waals surface area (Å²) in [6, 6.07) is -0.759. The van der Waals surface area contributed by atoms with Gasteiger partial charge in [-0.3, -0.25) is 4.79 Å². The van der Waals surface area contributed by atoms with Crippen LogP contribution in [0.5, 0.6) is 0 Å². The van der Waals surface area contributed by atoms with Gasteiger partial charge in [0.15, 0.2) is 0 Å². The minimum Gasteiger partial charge on any atom is -0.368 e. The number of primary amides is 1. The van der Waals surface area contributed by atoms with E-state index in [0.717, 1.165) is 0 Å². The van der Waals surface area contributed by atoms with Gasteiger partial charge in [-0.05, 0) is 6.92 Å². The van der Waals surface area contributed by atoms with Crippen molar-refractivity contribution in [3.63, 3.8) is 0 Å². The van der Waals surface area contributed by atoms with Crippen LogP contribution in [0.25, 0.3) is 0 Å². The predicted octanol–water partition coefficient (Wildman–Crippen LogP) is -0.857. The van der Waals surface area contributed by atoms with Gasteiger partial charge < -0.3 is 5.73 Å². The average Bonchev–Trinajstić information content (AvgIpc) is 1.36. The van der Waals surface area contributed by atoms with Crippen molar-refractivity contribution in [2.75, 3.05) is 0 Å². The lowest BCUT2D eigenvalue weighted by Gasteiger charge is -1.90. The molecule has 0 aromatic rings. The lowest BCUT2D eigenvalue weighted by molar-refractivity contribution is -0.119. The second-order valence-electron chi connectivity index (χ2n) is 1.12. The van der Waals surface area contributed by atoms with E-state index in [-0.39, 0.29) is 0 Å². The average molecular weight is 87.1 g/mol. The van der Waals surface area contributed by atoms with E-state index in [1.165, 1.54) is 6.92 Å². The number of nitrogens with two attached hydrogens (primary N) is 1. The van der Waals surface area contributed by atoms with Crippen molar-refractivity contribution in [1.82, 2.24) is 5.73 Å². The van der Waals surface area contributed by atoms with Crippen molar-refractivity contribution in [1.29, 1.82) is 0 Å².